The Balaban J connectivity index is 2.18. The number of phenols is 1. The second-order valence-electron chi connectivity index (χ2n) is 5.93. The van der Waals surface area contributed by atoms with E-state index in [1.165, 1.54) is 12.1 Å². The van der Waals surface area contributed by atoms with Gasteiger partial charge in [-0.3, -0.25) is 9.11 Å². The number of hydrogen-bond acceptors (Lipinski definition) is 8. The number of azo groups is 1. The van der Waals surface area contributed by atoms with E-state index in [1.807, 2.05) is 0 Å². The summed E-state index contributed by atoms with van der Waals surface area (Å²) in [5.41, 5.74) is 5.84. The zero-order chi connectivity index (χ0) is 22.4. The zero-order valence-electron chi connectivity index (χ0n) is 14.5. The van der Waals surface area contributed by atoms with Crippen molar-refractivity contribution in [2.45, 2.75) is 9.79 Å². The van der Waals surface area contributed by atoms with Gasteiger partial charge < -0.3 is 10.8 Å². The number of fused-ring (bicyclic) bond motifs is 1. The van der Waals surface area contributed by atoms with Crippen LogP contribution in [0.2, 0.25) is 10.0 Å². The molecule has 10 nitrogen and oxygen atoms in total. The lowest BCUT2D eigenvalue weighted by molar-refractivity contribution is 0.471. The quantitative estimate of drug-likeness (QED) is 0.236. The molecule has 0 radical (unpaired) electrons. The van der Waals surface area contributed by atoms with Crippen LogP contribution in [0.25, 0.3) is 10.8 Å². The Labute approximate surface area is 180 Å². The number of nitrogens with two attached hydrogens (primary N) is 1. The van der Waals surface area contributed by atoms with Gasteiger partial charge in [0.15, 0.2) is 0 Å². The van der Waals surface area contributed by atoms with Gasteiger partial charge in [-0.25, -0.2) is 0 Å². The largest absolute Gasteiger partial charge is 0.507 e. The van der Waals surface area contributed by atoms with Crippen LogP contribution in [-0.2, 0) is 20.2 Å². The average molecular weight is 492 g/mol. The topological polar surface area (TPSA) is 180 Å². The number of nitrogens with zero attached hydrogens (tertiary/aromatic N) is 2. The van der Waals surface area contributed by atoms with E-state index in [2.05, 4.69) is 10.2 Å². The molecule has 0 saturated heterocycles. The van der Waals surface area contributed by atoms with Crippen molar-refractivity contribution < 1.29 is 31.0 Å². The third-order valence-electron chi connectivity index (χ3n) is 3.91. The van der Waals surface area contributed by atoms with E-state index in [0.717, 1.165) is 24.3 Å². The highest BCUT2D eigenvalue weighted by Crippen LogP contribution is 2.41. The van der Waals surface area contributed by atoms with Gasteiger partial charge in [-0.15, -0.1) is 10.2 Å². The number of hydrogen-bond donors (Lipinski definition) is 4. The first-order chi connectivity index (χ1) is 13.8. The van der Waals surface area contributed by atoms with E-state index >= 15 is 0 Å². The summed E-state index contributed by atoms with van der Waals surface area (Å²) in [6.07, 6.45) is 0. The number of phenolic OH excluding ortho intramolecular Hbond substituents is 1. The molecule has 3 rings (SSSR count). The molecule has 30 heavy (non-hydrogen) atoms. The minimum absolute atomic E-state index is 0.0436. The predicted octanol–water partition coefficient (Wildman–Crippen LogP) is 4.34. The zero-order valence-corrected chi connectivity index (χ0v) is 17.6. The van der Waals surface area contributed by atoms with Crippen LogP contribution in [0.3, 0.4) is 0 Å². The van der Waals surface area contributed by atoms with Crippen molar-refractivity contribution in [1.82, 2.24) is 0 Å². The number of anilines is 1. The standard InChI is InChI=1S/C16H11Cl2N3O7S2/c17-9-6-14(30(26,27)28)10(18)5-12(9)20-21-16-11(19)2-1-7-3-8(29(23,24)25)4-13(22)15(7)16/h1-6,22H,19H2,(H,23,24,25)(H,26,27,28). The van der Waals surface area contributed by atoms with E-state index in [1.54, 1.807) is 0 Å². The molecule has 0 aliphatic carbocycles. The first kappa shape index (κ1) is 22.2. The molecule has 0 heterocycles. The molecule has 0 atom stereocenters. The fraction of sp³-hybridized carbons (Fsp3) is 0. The number of benzene rings is 3. The lowest BCUT2D eigenvalue weighted by atomic mass is 10.1. The molecule has 5 N–H and O–H groups in total. The normalized spacial score (nSPS) is 12.7. The van der Waals surface area contributed by atoms with Crippen molar-refractivity contribution >= 4 is 71.3 Å². The summed E-state index contributed by atoms with van der Waals surface area (Å²) in [7, 11) is -9.18. The van der Waals surface area contributed by atoms with Crippen LogP contribution >= 0.6 is 23.2 Å². The van der Waals surface area contributed by atoms with Gasteiger partial charge in [-0.05, 0) is 29.7 Å². The molecular formula is C16H11Cl2N3O7S2. The summed E-state index contributed by atoms with van der Waals surface area (Å²) in [5, 5.41) is 17.7. The van der Waals surface area contributed by atoms with E-state index < -0.39 is 35.8 Å². The van der Waals surface area contributed by atoms with Gasteiger partial charge in [0.1, 0.15) is 22.0 Å². The molecule has 0 aliphatic rings. The lowest BCUT2D eigenvalue weighted by Crippen LogP contribution is -1.98. The minimum atomic E-state index is -4.61. The maximum Gasteiger partial charge on any atom is 0.296 e. The van der Waals surface area contributed by atoms with E-state index in [9.17, 15) is 26.5 Å². The molecule has 0 aromatic heterocycles. The van der Waals surface area contributed by atoms with Crippen LogP contribution in [-0.4, -0.2) is 31.0 Å². The molecule has 3 aromatic rings. The van der Waals surface area contributed by atoms with Crippen LogP contribution in [0.4, 0.5) is 17.1 Å². The maximum absolute atomic E-state index is 11.3. The molecule has 158 valence electrons. The fourth-order valence-electron chi connectivity index (χ4n) is 2.57. The van der Waals surface area contributed by atoms with Crippen molar-refractivity contribution in [1.29, 1.82) is 0 Å². The van der Waals surface area contributed by atoms with E-state index in [0.29, 0.717) is 0 Å². The van der Waals surface area contributed by atoms with Crippen LogP contribution < -0.4 is 5.73 Å². The summed E-state index contributed by atoms with van der Waals surface area (Å²) < 4.78 is 63.6. The Kier molecular flexibility index (Phi) is 5.66. The smallest absolute Gasteiger partial charge is 0.296 e. The third-order valence-corrected chi connectivity index (χ3v) is 6.36. The Morgan fingerprint density at radius 1 is 0.867 bits per heavy atom. The van der Waals surface area contributed by atoms with Crippen LogP contribution in [0.15, 0.2) is 56.4 Å². The fourth-order valence-corrected chi connectivity index (χ4v) is 4.39. The molecule has 0 fully saturated rings. The highest BCUT2D eigenvalue weighted by molar-refractivity contribution is 7.86. The van der Waals surface area contributed by atoms with E-state index in [4.69, 9.17) is 33.5 Å². The SMILES string of the molecule is Nc1ccc2cc(S(=O)(=O)O)cc(O)c2c1N=Nc1cc(Cl)c(S(=O)(=O)O)cc1Cl. The van der Waals surface area contributed by atoms with Crippen LogP contribution in [0.5, 0.6) is 5.75 Å². The first-order valence-corrected chi connectivity index (χ1v) is 11.3. The molecule has 0 spiro atoms. The molecular weight excluding hydrogens is 481 g/mol. The van der Waals surface area contributed by atoms with Gasteiger partial charge in [0.2, 0.25) is 0 Å². The van der Waals surface area contributed by atoms with Crippen molar-refractivity contribution in [3.63, 3.8) is 0 Å². The Morgan fingerprint density at radius 3 is 2.13 bits per heavy atom. The summed E-state index contributed by atoms with van der Waals surface area (Å²) in [5.74, 6) is -0.535. The average Bonchev–Trinajstić information content (AvgIpc) is 2.61. The Morgan fingerprint density at radius 2 is 1.53 bits per heavy atom. The molecule has 3 aromatic carbocycles. The van der Waals surface area contributed by atoms with Crippen molar-refractivity contribution in [3.8, 4) is 5.75 Å². The molecule has 0 amide bonds. The Hall–Kier alpha value is -2.48. The Bertz CT molecular complexity index is 1440. The van der Waals surface area contributed by atoms with Gasteiger partial charge in [0.05, 0.1) is 26.0 Å². The van der Waals surface area contributed by atoms with Crippen molar-refractivity contribution in [2.24, 2.45) is 10.2 Å². The molecule has 0 unspecified atom stereocenters. The highest BCUT2D eigenvalue weighted by atomic mass is 35.5. The van der Waals surface area contributed by atoms with Crippen LogP contribution in [0, 0.1) is 0 Å². The highest BCUT2D eigenvalue weighted by Gasteiger charge is 2.19. The predicted molar refractivity (Wildman–Crippen MR) is 110 cm³/mol. The molecule has 0 saturated carbocycles. The first-order valence-electron chi connectivity index (χ1n) is 7.70. The summed E-state index contributed by atoms with van der Waals surface area (Å²) >= 11 is 11.8. The lowest BCUT2D eigenvalue weighted by Gasteiger charge is -2.09. The van der Waals surface area contributed by atoms with Gasteiger partial charge in [-0.2, -0.15) is 16.8 Å². The van der Waals surface area contributed by atoms with Gasteiger partial charge in [0, 0.05) is 6.07 Å². The molecule has 0 bridgehead atoms. The minimum Gasteiger partial charge on any atom is -0.507 e. The van der Waals surface area contributed by atoms with Crippen molar-refractivity contribution in [3.05, 3.63) is 46.4 Å². The monoisotopic (exact) mass is 491 g/mol. The van der Waals surface area contributed by atoms with Gasteiger partial charge >= 0.3 is 0 Å². The number of halogens is 2. The third kappa shape index (κ3) is 4.33. The molecule has 14 heteroatoms. The van der Waals surface area contributed by atoms with E-state index in [-0.39, 0.29) is 37.9 Å². The number of rotatable bonds is 4. The summed E-state index contributed by atoms with van der Waals surface area (Å²) in [6.45, 7) is 0. The van der Waals surface area contributed by atoms with Crippen molar-refractivity contribution in [2.75, 3.05) is 5.73 Å². The number of aromatic hydroxyl groups is 1. The second-order valence-corrected chi connectivity index (χ2v) is 9.55. The van der Waals surface area contributed by atoms with Gasteiger partial charge in [0.25, 0.3) is 20.2 Å². The second kappa shape index (κ2) is 7.65. The summed E-state index contributed by atoms with van der Waals surface area (Å²) in [6, 6.07) is 6.64. The van der Waals surface area contributed by atoms with Gasteiger partial charge in [-0.1, -0.05) is 29.3 Å². The summed E-state index contributed by atoms with van der Waals surface area (Å²) in [4.78, 5) is -1.15. The van der Waals surface area contributed by atoms with Crippen LogP contribution in [0.1, 0.15) is 0 Å². The molecule has 0 aliphatic heterocycles. The number of nitrogen functional groups attached to an aromatic ring is 1. The maximum atomic E-state index is 11.3.